The van der Waals surface area contributed by atoms with E-state index in [9.17, 15) is 4.79 Å². The number of halogens is 1. The number of rotatable bonds is 4. The monoisotopic (exact) mass is 362 g/mol. The van der Waals surface area contributed by atoms with Gasteiger partial charge in [-0.3, -0.25) is 4.79 Å². The number of aromatic nitrogens is 1. The van der Waals surface area contributed by atoms with E-state index in [1.807, 2.05) is 31.2 Å². The van der Waals surface area contributed by atoms with Crippen LogP contribution < -0.4 is 10.6 Å². The smallest absolute Gasteiger partial charge is 0.255 e. The van der Waals surface area contributed by atoms with Crippen molar-refractivity contribution in [2.75, 3.05) is 10.6 Å². The number of nitriles is 1. The van der Waals surface area contributed by atoms with Gasteiger partial charge in [0, 0.05) is 28.2 Å². The molecule has 0 aliphatic rings. The van der Waals surface area contributed by atoms with E-state index in [1.54, 1.807) is 42.6 Å². The number of benzene rings is 2. The van der Waals surface area contributed by atoms with Crippen molar-refractivity contribution in [2.45, 2.75) is 6.92 Å². The minimum Gasteiger partial charge on any atom is -0.340 e. The van der Waals surface area contributed by atoms with E-state index in [-0.39, 0.29) is 5.91 Å². The van der Waals surface area contributed by atoms with Crippen LogP contribution in [0.25, 0.3) is 0 Å². The lowest BCUT2D eigenvalue weighted by Crippen LogP contribution is -2.12. The predicted octanol–water partition coefficient (Wildman–Crippen LogP) is 4.91. The maximum atomic E-state index is 12.4. The van der Waals surface area contributed by atoms with Gasteiger partial charge in [-0.25, -0.2) is 4.98 Å². The molecule has 0 atom stereocenters. The fourth-order valence-corrected chi connectivity index (χ4v) is 2.53. The topological polar surface area (TPSA) is 77.8 Å². The van der Waals surface area contributed by atoms with Crippen molar-refractivity contribution in [3.63, 3.8) is 0 Å². The minimum atomic E-state index is -0.261. The molecule has 0 aliphatic carbocycles. The fourth-order valence-electron chi connectivity index (χ4n) is 2.35. The van der Waals surface area contributed by atoms with Gasteiger partial charge in [-0.2, -0.15) is 5.26 Å². The van der Waals surface area contributed by atoms with Crippen LogP contribution in [0, 0.1) is 18.3 Å². The second-order valence-corrected chi connectivity index (χ2v) is 6.02. The Bertz CT molecular complexity index is 993. The molecule has 0 spiro atoms. The zero-order chi connectivity index (χ0) is 18.5. The molecule has 6 heteroatoms. The highest BCUT2D eigenvalue weighted by Crippen LogP contribution is 2.25. The Kier molecular flexibility index (Phi) is 5.16. The summed E-state index contributed by atoms with van der Waals surface area (Å²) in [5, 5.41) is 15.4. The summed E-state index contributed by atoms with van der Waals surface area (Å²) in [6.07, 6.45) is 1.57. The van der Waals surface area contributed by atoms with Gasteiger partial charge in [0.1, 0.15) is 5.82 Å². The number of carbonyl (C=O) groups excluding carboxylic acids is 1. The molecule has 0 unspecified atom stereocenters. The standard InChI is InChI=1S/C20H15ClN4O/c1-13-17(21)3-2-4-18(13)25-19-11-15(9-10-23-19)20(26)24-16-7-5-14(12-22)6-8-16/h2-11H,1H3,(H,23,25)(H,24,26). The van der Waals surface area contributed by atoms with Gasteiger partial charge in [-0.1, -0.05) is 17.7 Å². The molecule has 1 heterocycles. The van der Waals surface area contributed by atoms with Crippen LogP contribution in [-0.4, -0.2) is 10.9 Å². The van der Waals surface area contributed by atoms with E-state index in [2.05, 4.69) is 15.6 Å². The molecule has 0 bridgehead atoms. The molecule has 0 saturated carbocycles. The molecule has 2 aromatic carbocycles. The van der Waals surface area contributed by atoms with Crippen molar-refractivity contribution in [1.29, 1.82) is 5.26 Å². The third-order valence-corrected chi connectivity index (χ3v) is 4.23. The van der Waals surface area contributed by atoms with Crippen LogP contribution in [0.5, 0.6) is 0 Å². The lowest BCUT2D eigenvalue weighted by atomic mass is 10.2. The molecule has 0 aliphatic heterocycles. The van der Waals surface area contributed by atoms with Crippen LogP contribution in [0.3, 0.4) is 0 Å². The number of amides is 1. The molecule has 2 N–H and O–H groups in total. The maximum Gasteiger partial charge on any atom is 0.255 e. The molecule has 1 aromatic heterocycles. The molecule has 0 radical (unpaired) electrons. The number of carbonyl (C=O) groups is 1. The summed E-state index contributed by atoms with van der Waals surface area (Å²) in [5.74, 6) is 0.283. The first kappa shape index (κ1) is 17.5. The zero-order valence-corrected chi connectivity index (χ0v) is 14.7. The SMILES string of the molecule is Cc1c(Cl)cccc1Nc1cc(C(=O)Nc2ccc(C#N)cc2)ccn1. The third-order valence-electron chi connectivity index (χ3n) is 3.82. The lowest BCUT2D eigenvalue weighted by molar-refractivity contribution is 0.102. The van der Waals surface area contributed by atoms with E-state index in [0.717, 1.165) is 11.3 Å². The van der Waals surface area contributed by atoms with Gasteiger partial charge in [0.25, 0.3) is 5.91 Å². The van der Waals surface area contributed by atoms with E-state index in [0.29, 0.717) is 27.7 Å². The van der Waals surface area contributed by atoms with Gasteiger partial charge in [-0.05, 0) is 61.0 Å². The van der Waals surface area contributed by atoms with Crippen LogP contribution in [0.4, 0.5) is 17.2 Å². The van der Waals surface area contributed by atoms with Crippen molar-refractivity contribution >= 4 is 34.7 Å². The summed E-state index contributed by atoms with van der Waals surface area (Å²) in [7, 11) is 0. The molecule has 128 valence electrons. The minimum absolute atomic E-state index is 0.261. The Morgan fingerprint density at radius 1 is 1.15 bits per heavy atom. The first-order valence-electron chi connectivity index (χ1n) is 7.86. The van der Waals surface area contributed by atoms with Gasteiger partial charge in [-0.15, -0.1) is 0 Å². The van der Waals surface area contributed by atoms with Crippen LogP contribution in [-0.2, 0) is 0 Å². The fraction of sp³-hybridized carbons (Fsp3) is 0.0500. The Morgan fingerprint density at radius 2 is 1.92 bits per heavy atom. The summed E-state index contributed by atoms with van der Waals surface area (Å²) in [6.45, 7) is 1.91. The average molecular weight is 363 g/mol. The number of nitrogens with one attached hydrogen (secondary N) is 2. The second-order valence-electron chi connectivity index (χ2n) is 5.61. The molecule has 0 saturated heterocycles. The molecule has 3 aromatic rings. The summed E-state index contributed by atoms with van der Waals surface area (Å²) in [5.41, 5.74) is 3.35. The van der Waals surface area contributed by atoms with Crippen molar-refractivity contribution in [3.05, 3.63) is 82.5 Å². The molecule has 5 nitrogen and oxygen atoms in total. The quantitative estimate of drug-likeness (QED) is 0.691. The van der Waals surface area contributed by atoms with Crippen molar-refractivity contribution < 1.29 is 4.79 Å². The molecule has 1 amide bonds. The molecule has 0 fully saturated rings. The summed E-state index contributed by atoms with van der Waals surface area (Å²) < 4.78 is 0. The molecule has 26 heavy (non-hydrogen) atoms. The first-order chi connectivity index (χ1) is 12.6. The van der Waals surface area contributed by atoms with Crippen molar-refractivity contribution in [2.24, 2.45) is 0 Å². The van der Waals surface area contributed by atoms with Crippen LogP contribution in [0.2, 0.25) is 5.02 Å². The van der Waals surface area contributed by atoms with E-state index in [4.69, 9.17) is 16.9 Å². The summed E-state index contributed by atoms with van der Waals surface area (Å²) in [4.78, 5) is 16.7. The van der Waals surface area contributed by atoms with E-state index < -0.39 is 0 Å². The zero-order valence-electron chi connectivity index (χ0n) is 14.0. The number of hydrogen-bond donors (Lipinski definition) is 2. The Labute approximate surface area is 156 Å². The normalized spacial score (nSPS) is 10.0. The Balaban J connectivity index is 1.76. The van der Waals surface area contributed by atoms with Gasteiger partial charge < -0.3 is 10.6 Å². The van der Waals surface area contributed by atoms with Crippen molar-refractivity contribution in [1.82, 2.24) is 4.98 Å². The maximum absolute atomic E-state index is 12.4. The van der Waals surface area contributed by atoms with Crippen molar-refractivity contribution in [3.8, 4) is 6.07 Å². The highest BCUT2D eigenvalue weighted by atomic mass is 35.5. The first-order valence-corrected chi connectivity index (χ1v) is 8.24. The lowest BCUT2D eigenvalue weighted by Gasteiger charge is -2.11. The average Bonchev–Trinajstić information content (AvgIpc) is 2.66. The third kappa shape index (κ3) is 4.00. The number of pyridine rings is 1. The highest BCUT2D eigenvalue weighted by Gasteiger charge is 2.09. The second kappa shape index (κ2) is 7.68. The summed E-state index contributed by atoms with van der Waals surface area (Å²) in [6, 6.07) is 17.6. The molecule has 3 rings (SSSR count). The van der Waals surface area contributed by atoms with Gasteiger partial charge in [0.15, 0.2) is 0 Å². The van der Waals surface area contributed by atoms with Crippen LogP contribution in [0.15, 0.2) is 60.8 Å². The summed E-state index contributed by atoms with van der Waals surface area (Å²) >= 11 is 6.13. The number of anilines is 3. The predicted molar refractivity (Wildman–Crippen MR) is 103 cm³/mol. The van der Waals surface area contributed by atoms with Crippen LogP contribution in [0.1, 0.15) is 21.5 Å². The van der Waals surface area contributed by atoms with Gasteiger partial charge >= 0.3 is 0 Å². The van der Waals surface area contributed by atoms with Gasteiger partial charge in [0.2, 0.25) is 0 Å². The molecular weight excluding hydrogens is 348 g/mol. The van der Waals surface area contributed by atoms with Crippen LogP contribution >= 0.6 is 11.6 Å². The number of nitrogens with zero attached hydrogens (tertiary/aromatic N) is 2. The van der Waals surface area contributed by atoms with E-state index in [1.165, 1.54) is 0 Å². The Hall–Kier alpha value is -3.36. The Morgan fingerprint density at radius 3 is 2.65 bits per heavy atom. The van der Waals surface area contributed by atoms with Gasteiger partial charge in [0.05, 0.1) is 11.6 Å². The van der Waals surface area contributed by atoms with E-state index >= 15 is 0 Å². The highest BCUT2D eigenvalue weighted by molar-refractivity contribution is 6.31. The largest absolute Gasteiger partial charge is 0.340 e. The molecular formula is C20H15ClN4O. The number of hydrogen-bond acceptors (Lipinski definition) is 4.